The summed E-state index contributed by atoms with van der Waals surface area (Å²) in [5.74, 6) is 0.955. The minimum Gasteiger partial charge on any atom is -0.248 e. The first kappa shape index (κ1) is 14.7. The molecule has 0 fully saturated rings. The number of halogens is 1. The molecule has 4 rings (SSSR count). The Morgan fingerprint density at radius 1 is 0.783 bits per heavy atom. The van der Waals surface area contributed by atoms with Crippen molar-refractivity contribution in [3.8, 4) is 0 Å². The fourth-order valence-corrected chi connectivity index (χ4v) is 4.22. The summed E-state index contributed by atoms with van der Waals surface area (Å²) in [4.78, 5) is 6.10. The first-order chi connectivity index (χ1) is 11.3. The molecule has 0 bridgehead atoms. The Morgan fingerprint density at radius 2 is 1.52 bits per heavy atom. The van der Waals surface area contributed by atoms with Crippen molar-refractivity contribution >= 4 is 49.5 Å². The number of hydrogen-bond donors (Lipinski definition) is 0. The molecule has 0 amide bonds. The molecule has 0 saturated heterocycles. The average Bonchev–Trinajstić information content (AvgIpc) is 2.60. The van der Waals surface area contributed by atoms with Crippen molar-refractivity contribution in [1.29, 1.82) is 0 Å². The first-order valence-electron chi connectivity index (χ1n) is 7.46. The highest BCUT2D eigenvalue weighted by Crippen LogP contribution is 2.36. The van der Waals surface area contributed by atoms with E-state index in [0.717, 1.165) is 21.3 Å². The molecule has 4 aromatic rings. The summed E-state index contributed by atoms with van der Waals surface area (Å²) in [6, 6.07) is 25.3. The molecule has 3 aromatic carbocycles. The van der Waals surface area contributed by atoms with Crippen molar-refractivity contribution in [2.45, 2.75) is 10.6 Å². The van der Waals surface area contributed by atoms with Crippen molar-refractivity contribution in [3.05, 3.63) is 82.8 Å². The van der Waals surface area contributed by atoms with Gasteiger partial charge in [-0.3, -0.25) is 0 Å². The topological polar surface area (TPSA) is 12.9 Å². The lowest BCUT2D eigenvalue weighted by Crippen LogP contribution is -1.88. The zero-order chi connectivity index (χ0) is 15.6. The van der Waals surface area contributed by atoms with E-state index >= 15 is 0 Å². The Bertz CT molecular complexity index is 983. The normalized spacial score (nSPS) is 11.2. The summed E-state index contributed by atoms with van der Waals surface area (Å²) >= 11 is 5.47. The second-order valence-corrected chi connectivity index (χ2v) is 7.30. The maximum absolute atomic E-state index is 4.80. The van der Waals surface area contributed by atoms with Crippen LogP contribution in [0.25, 0.3) is 21.8 Å². The minimum absolute atomic E-state index is 0.955. The number of hydrogen-bond acceptors (Lipinski definition) is 2. The Morgan fingerprint density at radius 3 is 2.39 bits per heavy atom. The highest BCUT2D eigenvalue weighted by Gasteiger charge is 2.10. The van der Waals surface area contributed by atoms with E-state index in [2.05, 4.69) is 82.7 Å². The number of para-hydroxylation sites is 1. The molecule has 3 heteroatoms. The molecule has 0 aliphatic heterocycles. The summed E-state index contributed by atoms with van der Waals surface area (Å²) in [5, 5.41) is 2.43. The van der Waals surface area contributed by atoms with E-state index in [0.29, 0.717) is 0 Å². The lowest BCUT2D eigenvalue weighted by atomic mass is 10.1. The summed E-state index contributed by atoms with van der Waals surface area (Å²) < 4.78 is 1.09. The van der Waals surface area contributed by atoms with Crippen molar-refractivity contribution < 1.29 is 0 Å². The summed E-state index contributed by atoms with van der Waals surface area (Å²) in [5.41, 5.74) is 3.43. The number of nitrogens with zero attached hydrogens (tertiary/aromatic N) is 1. The fourth-order valence-electron chi connectivity index (χ4n) is 2.71. The Kier molecular flexibility index (Phi) is 4.06. The number of fused-ring (bicyclic) bond motifs is 2. The Labute approximate surface area is 147 Å². The predicted octanol–water partition coefficient (Wildman–Crippen LogP) is 6.44. The van der Waals surface area contributed by atoms with Gasteiger partial charge in [0.1, 0.15) is 0 Å². The molecule has 23 heavy (non-hydrogen) atoms. The molecule has 0 spiro atoms. The molecule has 0 unspecified atom stereocenters. The minimum atomic E-state index is 0.955. The van der Waals surface area contributed by atoms with E-state index in [9.17, 15) is 0 Å². The lowest BCUT2D eigenvalue weighted by molar-refractivity contribution is 1.39. The first-order valence-corrected chi connectivity index (χ1v) is 9.24. The van der Waals surface area contributed by atoms with E-state index in [-0.39, 0.29) is 0 Å². The van der Waals surface area contributed by atoms with Crippen LogP contribution in [0.3, 0.4) is 0 Å². The summed E-state index contributed by atoms with van der Waals surface area (Å²) in [6.07, 6.45) is 0. The van der Waals surface area contributed by atoms with E-state index in [1.165, 1.54) is 21.2 Å². The number of thioether (sulfide) groups is 1. The van der Waals surface area contributed by atoms with Gasteiger partial charge in [0.05, 0.1) is 11.0 Å². The van der Waals surface area contributed by atoms with Crippen LogP contribution in [-0.2, 0) is 5.75 Å². The summed E-state index contributed by atoms with van der Waals surface area (Å²) in [6.45, 7) is 0. The molecule has 112 valence electrons. The van der Waals surface area contributed by atoms with E-state index in [4.69, 9.17) is 4.98 Å². The molecule has 0 radical (unpaired) electrons. The standard InChI is InChI=1S/C20H14BrNS/c21-15-10-11-19-17(12-15)20(16-8-4-5-9-18(16)22-19)23-13-14-6-2-1-3-7-14/h1-12H,13H2. The molecular weight excluding hydrogens is 366 g/mol. The average molecular weight is 380 g/mol. The third kappa shape index (κ3) is 2.99. The highest BCUT2D eigenvalue weighted by atomic mass is 79.9. The van der Waals surface area contributed by atoms with Crippen molar-refractivity contribution in [3.63, 3.8) is 0 Å². The fraction of sp³-hybridized carbons (Fsp3) is 0.0500. The molecule has 0 aliphatic carbocycles. The lowest BCUT2D eigenvalue weighted by Gasteiger charge is -2.11. The van der Waals surface area contributed by atoms with Crippen LogP contribution in [0, 0.1) is 0 Å². The Hall–Kier alpha value is -1.84. The van der Waals surface area contributed by atoms with Gasteiger partial charge in [-0.1, -0.05) is 64.5 Å². The SMILES string of the molecule is Brc1ccc2nc3ccccc3c(SCc3ccccc3)c2c1. The van der Waals surface area contributed by atoms with Crippen LogP contribution in [0.5, 0.6) is 0 Å². The van der Waals surface area contributed by atoms with Crippen molar-refractivity contribution in [1.82, 2.24) is 4.98 Å². The molecule has 1 aromatic heterocycles. The van der Waals surface area contributed by atoms with Crippen LogP contribution < -0.4 is 0 Å². The van der Waals surface area contributed by atoms with Gasteiger partial charge < -0.3 is 0 Å². The van der Waals surface area contributed by atoms with Gasteiger partial charge in [-0.25, -0.2) is 4.98 Å². The number of pyridine rings is 1. The van der Waals surface area contributed by atoms with Crippen LogP contribution in [0.4, 0.5) is 0 Å². The van der Waals surface area contributed by atoms with Gasteiger partial charge in [-0.05, 0) is 29.8 Å². The third-order valence-corrected chi connectivity index (χ3v) is 5.52. The highest BCUT2D eigenvalue weighted by molar-refractivity contribution is 9.10. The van der Waals surface area contributed by atoms with Crippen LogP contribution in [0.2, 0.25) is 0 Å². The van der Waals surface area contributed by atoms with Gasteiger partial charge >= 0.3 is 0 Å². The van der Waals surface area contributed by atoms with Gasteiger partial charge in [-0.15, -0.1) is 11.8 Å². The molecule has 0 aliphatic rings. The van der Waals surface area contributed by atoms with Gasteiger partial charge in [0.15, 0.2) is 0 Å². The second-order valence-electron chi connectivity index (χ2n) is 5.39. The van der Waals surface area contributed by atoms with Crippen LogP contribution in [0.15, 0.2) is 82.2 Å². The maximum atomic E-state index is 4.80. The van der Waals surface area contributed by atoms with E-state index < -0.39 is 0 Å². The van der Waals surface area contributed by atoms with E-state index in [1.807, 2.05) is 17.8 Å². The molecular formula is C20H14BrNS. The van der Waals surface area contributed by atoms with Gasteiger partial charge in [-0.2, -0.15) is 0 Å². The van der Waals surface area contributed by atoms with Crippen molar-refractivity contribution in [2.24, 2.45) is 0 Å². The number of benzene rings is 3. The van der Waals surface area contributed by atoms with Crippen molar-refractivity contribution in [2.75, 3.05) is 0 Å². The molecule has 1 nitrogen and oxygen atoms in total. The van der Waals surface area contributed by atoms with E-state index in [1.54, 1.807) is 0 Å². The smallest absolute Gasteiger partial charge is 0.0721 e. The van der Waals surface area contributed by atoms with Crippen LogP contribution in [-0.4, -0.2) is 4.98 Å². The zero-order valence-corrected chi connectivity index (χ0v) is 14.8. The molecule has 1 heterocycles. The zero-order valence-electron chi connectivity index (χ0n) is 12.4. The quantitative estimate of drug-likeness (QED) is 0.300. The second kappa shape index (κ2) is 6.34. The molecule has 0 saturated carbocycles. The maximum Gasteiger partial charge on any atom is 0.0721 e. The predicted molar refractivity (Wildman–Crippen MR) is 103 cm³/mol. The monoisotopic (exact) mass is 379 g/mol. The molecule has 0 atom stereocenters. The van der Waals surface area contributed by atoms with Gasteiger partial charge in [0, 0.05) is 25.9 Å². The van der Waals surface area contributed by atoms with Crippen LogP contribution >= 0.6 is 27.7 Å². The van der Waals surface area contributed by atoms with Gasteiger partial charge in [0.25, 0.3) is 0 Å². The summed E-state index contributed by atoms with van der Waals surface area (Å²) in [7, 11) is 0. The number of aromatic nitrogens is 1. The van der Waals surface area contributed by atoms with Gasteiger partial charge in [0.2, 0.25) is 0 Å². The largest absolute Gasteiger partial charge is 0.248 e. The number of rotatable bonds is 3. The Balaban J connectivity index is 1.88. The third-order valence-electron chi connectivity index (χ3n) is 3.82. The molecule has 0 N–H and O–H groups in total. The van der Waals surface area contributed by atoms with Crippen LogP contribution in [0.1, 0.15) is 5.56 Å².